The minimum Gasteiger partial charge on any atom is -0.478 e. The minimum absolute atomic E-state index is 0.105. The smallest absolute Gasteiger partial charge is 0.338 e. The van der Waals surface area contributed by atoms with Crippen LogP contribution < -0.4 is 0 Å². The molecule has 0 spiro atoms. The van der Waals surface area contributed by atoms with Gasteiger partial charge in [-0.3, -0.25) is 0 Å². The van der Waals surface area contributed by atoms with Crippen LogP contribution in [0.15, 0.2) is 24.3 Å². The number of carbonyl (C=O) groups is 2. The third-order valence-electron chi connectivity index (χ3n) is 6.58. The summed E-state index contributed by atoms with van der Waals surface area (Å²) in [5, 5.41) is 9.00. The standard InChI is InChI=1S/C30H50O4/c1-2-3-4-5-6-7-8-9-10-11-12-13-14-15-16-17-18-19-20-21-25-34-30(33)28-24-22-23-27(26-28)29(31)32/h22-24,26H,2-21,25H2,1H3,(H,31,32). The normalized spacial score (nSPS) is 11.0. The number of rotatable bonds is 23. The van der Waals surface area contributed by atoms with Gasteiger partial charge in [-0.05, 0) is 24.6 Å². The minimum atomic E-state index is -1.04. The summed E-state index contributed by atoms with van der Waals surface area (Å²) in [6, 6.07) is 5.99. The molecule has 0 aliphatic rings. The molecule has 4 nitrogen and oxygen atoms in total. The predicted octanol–water partition coefficient (Wildman–Crippen LogP) is 9.36. The van der Waals surface area contributed by atoms with E-state index in [1.807, 2.05) is 0 Å². The van der Waals surface area contributed by atoms with Crippen LogP contribution >= 0.6 is 0 Å². The average molecular weight is 475 g/mol. The number of hydrogen-bond acceptors (Lipinski definition) is 3. The molecule has 34 heavy (non-hydrogen) atoms. The molecule has 0 fully saturated rings. The molecule has 194 valence electrons. The first-order valence-corrected chi connectivity index (χ1v) is 14.2. The number of unbranched alkanes of at least 4 members (excludes halogenated alkanes) is 19. The van der Waals surface area contributed by atoms with Crippen molar-refractivity contribution in [3.05, 3.63) is 35.4 Å². The van der Waals surface area contributed by atoms with Crippen LogP contribution in [0.2, 0.25) is 0 Å². The van der Waals surface area contributed by atoms with Gasteiger partial charge in [0.15, 0.2) is 0 Å². The molecule has 0 saturated carbocycles. The quantitative estimate of drug-likeness (QED) is 0.127. The van der Waals surface area contributed by atoms with E-state index < -0.39 is 11.9 Å². The van der Waals surface area contributed by atoms with Crippen molar-refractivity contribution >= 4 is 11.9 Å². The van der Waals surface area contributed by atoms with Crippen molar-refractivity contribution < 1.29 is 19.4 Å². The van der Waals surface area contributed by atoms with E-state index in [4.69, 9.17) is 9.84 Å². The SMILES string of the molecule is CCCCCCCCCCCCCCCCCCCCCCOC(=O)c1cccc(C(=O)O)c1. The lowest BCUT2D eigenvalue weighted by Crippen LogP contribution is -2.08. The summed E-state index contributed by atoms with van der Waals surface area (Å²) >= 11 is 0. The number of esters is 1. The molecule has 0 aliphatic carbocycles. The fraction of sp³-hybridized carbons (Fsp3) is 0.733. The number of hydrogen-bond donors (Lipinski definition) is 1. The highest BCUT2D eigenvalue weighted by Gasteiger charge is 2.10. The second-order valence-electron chi connectivity index (χ2n) is 9.74. The van der Waals surface area contributed by atoms with Crippen LogP contribution in [-0.4, -0.2) is 23.7 Å². The Hall–Kier alpha value is -1.84. The zero-order chi connectivity index (χ0) is 24.7. The van der Waals surface area contributed by atoms with Gasteiger partial charge >= 0.3 is 11.9 Å². The molecule has 0 heterocycles. The van der Waals surface area contributed by atoms with Gasteiger partial charge in [0.05, 0.1) is 17.7 Å². The van der Waals surface area contributed by atoms with E-state index >= 15 is 0 Å². The zero-order valence-electron chi connectivity index (χ0n) is 21.8. The van der Waals surface area contributed by atoms with Gasteiger partial charge < -0.3 is 9.84 Å². The first-order chi connectivity index (χ1) is 16.6. The lowest BCUT2D eigenvalue weighted by molar-refractivity contribution is 0.0497. The first-order valence-electron chi connectivity index (χ1n) is 14.2. The van der Waals surface area contributed by atoms with Gasteiger partial charge in [0.1, 0.15) is 0 Å². The predicted molar refractivity (Wildman–Crippen MR) is 142 cm³/mol. The van der Waals surface area contributed by atoms with Crippen molar-refractivity contribution in [2.45, 2.75) is 135 Å². The van der Waals surface area contributed by atoms with Crippen molar-refractivity contribution in [3.8, 4) is 0 Å². The lowest BCUT2D eigenvalue weighted by atomic mass is 10.0. The highest BCUT2D eigenvalue weighted by atomic mass is 16.5. The Morgan fingerprint density at radius 2 is 1.00 bits per heavy atom. The molecule has 1 aromatic carbocycles. The summed E-state index contributed by atoms with van der Waals surface area (Å²) < 4.78 is 5.27. The highest BCUT2D eigenvalue weighted by molar-refractivity contribution is 5.94. The number of ether oxygens (including phenoxy) is 1. The maximum absolute atomic E-state index is 12.0. The second kappa shape index (κ2) is 21.7. The third-order valence-corrected chi connectivity index (χ3v) is 6.58. The van der Waals surface area contributed by atoms with E-state index in [2.05, 4.69) is 6.92 Å². The van der Waals surface area contributed by atoms with Crippen molar-refractivity contribution in [2.24, 2.45) is 0 Å². The summed E-state index contributed by atoms with van der Waals surface area (Å²) in [7, 11) is 0. The van der Waals surface area contributed by atoms with Crippen LogP contribution in [0, 0.1) is 0 Å². The summed E-state index contributed by atoms with van der Waals surface area (Å²) in [5.74, 6) is -1.48. The fourth-order valence-electron chi connectivity index (χ4n) is 4.38. The number of benzene rings is 1. The van der Waals surface area contributed by atoms with Gasteiger partial charge in [-0.15, -0.1) is 0 Å². The van der Waals surface area contributed by atoms with Gasteiger partial charge in [-0.1, -0.05) is 135 Å². The number of carboxylic acids is 1. The summed E-state index contributed by atoms with van der Waals surface area (Å²) in [6.45, 7) is 2.68. The molecule has 0 aromatic heterocycles. The van der Waals surface area contributed by atoms with Gasteiger partial charge in [0.2, 0.25) is 0 Å². The highest BCUT2D eigenvalue weighted by Crippen LogP contribution is 2.15. The van der Waals surface area contributed by atoms with E-state index in [0.717, 1.165) is 12.8 Å². The molecular weight excluding hydrogens is 424 g/mol. The molecule has 0 bridgehead atoms. The monoisotopic (exact) mass is 474 g/mol. The van der Waals surface area contributed by atoms with E-state index in [0.29, 0.717) is 12.2 Å². The van der Waals surface area contributed by atoms with E-state index in [1.54, 1.807) is 12.1 Å². The third kappa shape index (κ3) is 16.7. The van der Waals surface area contributed by atoms with Crippen LogP contribution in [-0.2, 0) is 4.74 Å². The first kappa shape index (κ1) is 30.2. The summed E-state index contributed by atoms with van der Waals surface area (Å²) in [6.07, 6.45) is 26.8. The lowest BCUT2D eigenvalue weighted by Gasteiger charge is -2.06. The Bertz CT molecular complexity index is 640. The van der Waals surface area contributed by atoms with Gasteiger partial charge in [0, 0.05) is 0 Å². The molecule has 0 radical (unpaired) electrons. The molecule has 0 atom stereocenters. The van der Waals surface area contributed by atoms with Crippen LogP contribution in [0.1, 0.15) is 156 Å². The molecule has 0 amide bonds. The Balaban J connectivity index is 1.80. The van der Waals surface area contributed by atoms with E-state index in [-0.39, 0.29) is 5.56 Å². The van der Waals surface area contributed by atoms with Crippen molar-refractivity contribution in [1.82, 2.24) is 0 Å². The Morgan fingerprint density at radius 3 is 1.41 bits per heavy atom. The molecule has 1 rings (SSSR count). The molecule has 4 heteroatoms. The average Bonchev–Trinajstić information content (AvgIpc) is 2.85. The Labute approximate surface area is 208 Å². The number of aromatic carboxylic acids is 1. The van der Waals surface area contributed by atoms with Crippen LogP contribution in [0.4, 0.5) is 0 Å². The van der Waals surface area contributed by atoms with Gasteiger partial charge in [-0.2, -0.15) is 0 Å². The van der Waals surface area contributed by atoms with Crippen LogP contribution in [0.25, 0.3) is 0 Å². The molecule has 1 N–H and O–H groups in total. The van der Waals surface area contributed by atoms with Crippen molar-refractivity contribution in [1.29, 1.82) is 0 Å². The molecular formula is C30H50O4. The van der Waals surface area contributed by atoms with Crippen molar-refractivity contribution in [3.63, 3.8) is 0 Å². The van der Waals surface area contributed by atoms with Crippen LogP contribution in [0.5, 0.6) is 0 Å². The molecule has 0 aliphatic heterocycles. The maximum Gasteiger partial charge on any atom is 0.338 e. The van der Waals surface area contributed by atoms with Gasteiger partial charge in [0.25, 0.3) is 0 Å². The molecule has 0 unspecified atom stereocenters. The topological polar surface area (TPSA) is 63.6 Å². The van der Waals surface area contributed by atoms with Gasteiger partial charge in [-0.25, -0.2) is 9.59 Å². The summed E-state index contributed by atoms with van der Waals surface area (Å²) in [5.41, 5.74) is 0.404. The second-order valence-corrected chi connectivity index (χ2v) is 9.74. The maximum atomic E-state index is 12.0. The van der Waals surface area contributed by atoms with E-state index in [1.165, 1.54) is 128 Å². The zero-order valence-corrected chi connectivity index (χ0v) is 21.8. The van der Waals surface area contributed by atoms with Crippen LogP contribution in [0.3, 0.4) is 0 Å². The number of carboxylic acid groups (broad SMARTS) is 1. The largest absolute Gasteiger partial charge is 0.478 e. The van der Waals surface area contributed by atoms with E-state index in [9.17, 15) is 9.59 Å². The molecule has 1 aromatic rings. The molecule has 0 saturated heterocycles. The Kier molecular flexibility index (Phi) is 19.2. The summed E-state index contributed by atoms with van der Waals surface area (Å²) in [4.78, 5) is 23.0. The fourth-order valence-corrected chi connectivity index (χ4v) is 4.38. The number of carbonyl (C=O) groups excluding carboxylic acids is 1. The Morgan fingerprint density at radius 1 is 0.618 bits per heavy atom. The van der Waals surface area contributed by atoms with Crippen molar-refractivity contribution in [2.75, 3.05) is 6.61 Å².